The van der Waals surface area contributed by atoms with Crippen molar-refractivity contribution in [1.82, 2.24) is 15.2 Å². The molecule has 7 heteroatoms. The first-order valence-electron chi connectivity index (χ1n) is 7.96. The summed E-state index contributed by atoms with van der Waals surface area (Å²) in [6.07, 6.45) is 0.625. The smallest absolute Gasteiger partial charge is 0.276 e. The van der Waals surface area contributed by atoms with Gasteiger partial charge in [0, 0.05) is 16.7 Å². The molecule has 26 heavy (non-hydrogen) atoms. The minimum atomic E-state index is -0.246. The van der Waals surface area contributed by atoms with Crippen LogP contribution in [0.25, 0.3) is 10.6 Å². The van der Waals surface area contributed by atoms with Crippen molar-refractivity contribution in [3.8, 4) is 10.6 Å². The van der Waals surface area contributed by atoms with Crippen molar-refractivity contribution in [2.45, 2.75) is 17.4 Å². The molecular formula is C19H14FN3OS2. The Kier molecular flexibility index (Phi) is 5.08. The Morgan fingerprint density at radius 2 is 1.81 bits per heavy atom. The quantitative estimate of drug-likeness (QED) is 0.428. The van der Waals surface area contributed by atoms with Gasteiger partial charge in [-0.1, -0.05) is 42.1 Å². The van der Waals surface area contributed by atoms with Gasteiger partial charge in [-0.2, -0.15) is 0 Å². The number of hydrogen-bond acceptors (Lipinski definition) is 6. The molecule has 0 aliphatic heterocycles. The summed E-state index contributed by atoms with van der Waals surface area (Å²) in [5, 5.41) is 11.6. The van der Waals surface area contributed by atoms with E-state index in [9.17, 15) is 4.39 Å². The molecule has 0 atom stereocenters. The minimum absolute atomic E-state index is 0.246. The number of aromatic nitrogens is 3. The minimum Gasteiger partial charge on any atom is -0.416 e. The van der Waals surface area contributed by atoms with E-state index >= 15 is 0 Å². The van der Waals surface area contributed by atoms with Gasteiger partial charge in [-0.25, -0.2) is 9.37 Å². The molecule has 130 valence electrons. The number of rotatable bonds is 6. The van der Waals surface area contributed by atoms with E-state index in [1.165, 1.54) is 35.2 Å². The largest absolute Gasteiger partial charge is 0.416 e. The van der Waals surface area contributed by atoms with Crippen molar-refractivity contribution in [3.05, 3.63) is 82.9 Å². The molecule has 0 fully saturated rings. The third kappa shape index (κ3) is 4.17. The predicted molar refractivity (Wildman–Crippen MR) is 101 cm³/mol. The summed E-state index contributed by atoms with van der Waals surface area (Å²) in [4.78, 5) is 4.59. The molecule has 0 amide bonds. The van der Waals surface area contributed by atoms with Gasteiger partial charge < -0.3 is 4.42 Å². The summed E-state index contributed by atoms with van der Waals surface area (Å²) in [6, 6.07) is 16.4. The van der Waals surface area contributed by atoms with Crippen molar-refractivity contribution in [2.75, 3.05) is 0 Å². The molecule has 2 aromatic heterocycles. The van der Waals surface area contributed by atoms with E-state index in [1.54, 1.807) is 12.1 Å². The average molecular weight is 383 g/mol. The summed E-state index contributed by atoms with van der Waals surface area (Å²) in [7, 11) is 0. The number of halogens is 1. The second-order valence-electron chi connectivity index (χ2n) is 5.56. The average Bonchev–Trinajstić information content (AvgIpc) is 3.31. The van der Waals surface area contributed by atoms with Gasteiger partial charge >= 0.3 is 0 Å². The van der Waals surface area contributed by atoms with Gasteiger partial charge in [0.1, 0.15) is 10.8 Å². The van der Waals surface area contributed by atoms with Gasteiger partial charge in [0.2, 0.25) is 5.89 Å². The molecule has 4 aromatic rings. The standard InChI is InChI=1S/C19H14FN3OS2/c20-15-8-6-14(7-9-15)18-21-16(11-25-18)12-26-19-23-22-17(24-19)10-13-4-2-1-3-5-13/h1-9,11H,10,12H2. The summed E-state index contributed by atoms with van der Waals surface area (Å²) in [6.45, 7) is 0. The van der Waals surface area contributed by atoms with Crippen LogP contribution in [0.3, 0.4) is 0 Å². The molecule has 0 spiro atoms. The Bertz CT molecular complexity index is 983. The van der Waals surface area contributed by atoms with Crippen molar-refractivity contribution in [3.63, 3.8) is 0 Å². The van der Waals surface area contributed by atoms with Crippen molar-refractivity contribution >= 4 is 23.1 Å². The van der Waals surface area contributed by atoms with E-state index < -0.39 is 0 Å². The fourth-order valence-electron chi connectivity index (χ4n) is 2.37. The molecule has 0 saturated heterocycles. The second-order valence-corrected chi connectivity index (χ2v) is 7.35. The van der Waals surface area contributed by atoms with Gasteiger partial charge in [0.05, 0.1) is 12.1 Å². The first kappa shape index (κ1) is 16.9. The van der Waals surface area contributed by atoms with Crippen molar-refractivity contribution in [1.29, 1.82) is 0 Å². The lowest BCUT2D eigenvalue weighted by atomic mass is 10.2. The monoisotopic (exact) mass is 383 g/mol. The first-order valence-corrected chi connectivity index (χ1v) is 9.82. The molecule has 0 bridgehead atoms. The number of thioether (sulfide) groups is 1. The van der Waals surface area contributed by atoms with E-state index in [4.69, 9.17) is 4.42 Å². The molecule has 2 heterocycles. The molecule has 2 aromatic carbocycles. The highest BCUT2D eigenvalue weighted by molar-refractivity contribution is 7.98. The number of nitrogens with zero attached hydrogens (tertiary/aromatic N) is 3. The van der Waals surface area contributed by atoms with Crippen LogP contribution in [0.2, 0.25) is 0 Å². The third-order valence-corrected chi connectivity index (χ3v) is 5.43. The Balaban J connectivity index is 1.37. The predicted octanol–water partition coefficient (Wildman–Crippen LogP) is 5.22. The van der Waals surface area contributed by atoms with Crippen molar-refractivity contribution < 1.29 is 8.81 Å². The lowest BCUT2D eigenvalue weighted by Crippen LogP contribution is -1.87. The fourth-order valence-corrected chi connectivity index (χ4v) is 3.98. The maximum atomic E-state index is 13.0. The van der Waals surface area contributed by atoms with Crippen LogP contribution in [0, 0.1) is 5.82 Å². The summed E-state index contributed by atoms with van der Waals surface area (Å²) < 4.78 is 18.7. The molecule has 0 aliphatic rings. The Labute approximate surface area is 158 Å². The van der Waals surface area contributed by atoms with Gasteiger partial charge in [-0.3, -0.25) is 0 Å². The number of benzene rings is 2. The zero-order valence-corrected chi connectivity index (χ0v) is 15.3. The maximum Gasteiger partial charge on any atom is 0.276 e. The van der Waals surface area contributed by atoms with Gasteiger partial charge in [-0.15, -0.1) is 21.5 Å². The Hall–Kier alpha value is -2.51. The molecule has 0 unspecified atom stereocenters. The van der Waals surface area contributed by atoms with Crippen LogP contribution in [0.5, 0.6) is 0 Å². The molecule has 0 N–H and O–H groups in total. The van der Waals surface area contributed by atoms with Crippen LogP contribution in [-0.2, 0) is 12.2 Å². The SMILES string of the molecule is Fc1ccc(-c2nc(CSc3nnc(Cc4ccccc4)o3)cs2)cc1. The highest BCUT2D eigenvalue weighted by Crippen LogP contribution is 2.27. The number of thiazole rings is 1. The zero-order valence-electron chi connectivity index (χ0n) is 13.6. The van der Waals surface area contributed by atoms with Crippen LogP contribution in [0.15, 0.2) is 69.6 Å². The summed E-state index contributed by atoms with van der Waals surface area (Å²) >= 11 is 3.00. The molecule has 0 radical (unpaired) electrons. The van der Waals surface area contributed by atoms with Crippen LogP contribution in [0.4, 0.5) is 4.39 Å². The van der Waals surface area contributed by atoms with E-state index in [0.717, 1.165) is 21.8 Å². The lowest BCUT2D eigenvalue weighted by Gasteiger charge is -1.96. The lowest BCUT2D eigenvalue weighted by molar-refractivity contribution is 0.420. The Morgan fingerprint density at radius 1 is 1.00 bits per heavy atom. The normalized spacial score (nSPS) is 11.0. The third-order valence-electron chi connectivity index (χ3n) is 3.63. The highest BCUT2D eigenvalue weighted by Gasteiger charge is 2.10. The summed E-state index contributed by atoms with van der Waals surface area (Å²) in [5.41, 5.74) is 2.98. The van der Waals surface area contributed by atoms with Crippen LogP contribution in [-0.4, -0.2) is 15.2 Å². The first-order chi connectivity index (χ1) is 12.8. The van der Waals surface area contributed by atoms with E-state index in [0.29, 0.717) is 23.3 Å². The molecule has 4 rings (SSSR count). The van der Waals surface area contributed by atoms with E-state index in [2.05, 4.69) is 15.2 Å². The number of hydrogen-bond donors (Lipinski definition) is 0. The second kappa shape index (κ2) is 7.80. The molecule has 0 aliphatic carbocycles. The van der Waals surface area contributed by atoms with E-state index in [-0.39, 0.29) is 5.82 Å². The molecule has 0 saturated carbocycles. The van der Waals surface area contributed by atoms with Gasteiger partial charge in [0.25, 0.3) is 5.22 Å². The summed E-state index contributed by atoms with van der Waals surface area (Å²) in [5.74, 6) is 0.998. The van der Waals surface area contributed by atoms with Crippen LogP contribution in [0.1, 0.15) is 17.1 Å². The Morgan fingerprint density at radius 3 is 2.62 bits per heavy atom. The van der Waals surface area contributed by atoms with Crippen molar-refractivity contribution in [2.24, 2.45) is 0 Å². The topological polar surface area (TPSA) is 51.8 Å². The molecule has 4 nitrogen and oxygen atoms in total. The zero-order chi connectivity index (χ0) is 17.8. The molecular weight excluding hydrogens is 369 g/mol. The van der Waals surface area contributed by atoms with Gasteiger partial charge in [-0.05, 0) is 29.8 Å². The van der Waals surface area contributed by atoms with Crippen LogP contribution >= 0.6 is 23.1 Å². The fraction of sp³-hybridized carbons (Fsp3) is 0.105. The maximum absolute atomic E-state index is 13.0. The van der Waals surface area contributed by atoms with Gasteiger partial charge in [0.15, 0.2) is 0 Å². The van der Waals surface area contributed by atoms with E-state index in [1.807, 2.05) is 35.7 Å². The van der Waals surface area contributed by atoms with Crippen LogP contribution < -0.4 is 0 Å². The highest BCUT2D eigenvalue weighted by atomic mass is 32.2.